The maximum Gasteiger partial charge on any atom is 0.0973 e. The molecular weight excluding hydrogens is 391 g/mol. The molecule has 0 aliphatic heterocycles. The lowest BCUT2D eigenvalue weighted by molar-refractivity contribution is 0.135. The number of unbranched alkanes of at least 4 members (excludes halogenated alkanes) is 4. The Labute approximate surface area is 201 Å². The van der Waals surface area contributed by atoms with Crippen LogP contribution in [0.4, 0.5) is 4.39 Å². The van der Waals surface area contributed by atoms with E-state index < -0.39 is 6.17 Å². The number of rotatable bonds is 13. The van der Waals surface area contributed by atoms with Gasteiger partial charge in [0.1, 0.15) is 0 Å². The monoisotopic (exact) mass is 448 g/mol. The molecule has 1 heteroatoms. The van der Waals surface area contributed by atoms with Gasteiger partial charge in [0.05, 0.1) is 6.17 Å². The van der Waals surface area contributed by atoms with Crippen molar-refractivity contribution in [2.45, 2.75) is 161 Å². The van der Waals surface area contributed by atoms with E-state index in [1.165, 1.54) is 89.9 Å². The van der Waals surface area contributed by atoms with Gasteiger partial charge in [0.15, 0.2) is 0 Å². The van der Waals surface area contributed by atoms with Gasteiger partial charge in [-0.2, -0.15) is 0 Å². The van der Waals surface area contributed by atoms with Crippen molar-refractivity contribution >= 4 is 0 Å². The molecule has 1 unspecified atom stereocenters. The summed E-state index contributed by atoms with van der Waals surface area (Å²) < 4.78 is 13.1. The highest BCUT2D eigenvalue weighted by Gasteiger charge is 2.31. The van der Waals surface area contributed by atoms with Crippen LogP contribution in [0.3, 0.4) is 0 Å². The quantitative estimate of drug-likeness (QED) is 0.246. The zero-order valence-electron chi connectivity index (χ0n) is 22.0. The van der Waals surface area contributed by atoms with Crippen molar-refractivity contribution in [3.63, 3.8) is 0 Å². The van der Waals surface area contributed by atoms with E-state index in [4.69, 9.17) is 0 Å². The average molecular weight is 449 g/mol. The molecule has 0 radical (unpaired) electrons. The second kappa shape index (κ2) is 15.0. The van der Waals surface area contributed by atoms with Crippen LogP contribution in [-0.4, -0.2) is 6.17 Å². The van der Waals surface area contributed by atoms with E-state index in [0.717, 1.165) is 48.3 Å². The first-order valence-corrected chi connectivity index (χ1v) is 15.3. The lowest BCUT2D eigenvalue weighted by Crippen LogP contribution is -2.26. The van der Waals surface area contributed by atoms with Gasteiger partial charge in [0.25, 0.3) is 0 Å². The molecule has 0 nitrogen and oxygen atoms in total. The summed E-state index contributed by atoms with van der Waals surface area (Å²) in [6, 6.07) is 0. The number of alkyl halides is 1. The SMILES string of the molecule is CCCCCCCC1CCC(C2CCC(CCC3CCC(CCC(C)F)CC3)CC2)CC1. The molecule has 0 aromatic carbocycles. The minimum atomic E-state index is -0.599. The molecule has 0 spiro atoms. The van der Waals surface area contributed by atoms with E-state index in [-0.39, 0.29) is 0 Å². The van der Waals surface area contributed by atoms with Crippen LogP contribution in [0.25, 0.3) is 0 Å². The third-order valence-corrected chi connectivity index (χ3v) is 10.1. The zero-order valence-corrected chi connectivity index (χ0v) is 22.0. The number of halogens is 1. The Morgan fingerprint density at radius 3 is 1.41 bits per heavy atom. The Balaban J connectivity index is 1.21. The van der Waals surface area contributed by atoms with E-state index in [9.17, 15) is 4.39 Å². The van der Waals surface area contributed by atoms with Gasteiger partial charge in [-0.15, -0.1) is 0 Å². The zero-order chi connectivity index (χ0) is 22.6. The molecule has 32 heavy (non-hydrogen) atoms. The van der Waals surface area contributed by atoms with E-state index in [0.29, 0.717) is 0 Å². The van der Waals surface area contributed by atoms with Gasteiger partial charge >= 0.3 is 0 Å². The highest BCUT2D eigenvalue weighted by molar-refractivity contribution is 4.83. The predicted molar refractivity (Wildman–Crippen MR) is 139 cm³/mol. The van der Waals surface area contributed by atoms with Gasteiger partial charge in [-0.3, -0.25) is 0 Å². The molecule has 3 saturated carbocycles. The molecular formula is C31H57F. The summed E-state index contributed by atoms with van der Waals surface area (Å²) in [6.07, 6.45) is 31.1. The van der Waals surface area contributed by atoms with Crippen LogP contribution < -0.4 is 0 Å². The minimum absolute atomic E-state index is 0.599. The van der Waals surface area contributed by atoms with Crippen LogP contribution in [0.15, 0.2) is 0 Å². The standard InChI is InChI=1S/C31H57F/c1-3-4-5-6-7-8-26-17-21-30(22-18-26)31-23-19-29(20-24-31)16-15-28-13-11-27(12-14-28)10-9-25(2)32/h25-31H,3-24H2,1-2H3. The summed E-state index contributed by atoms with van der Waals surface area (Å²) in [5.74, 6) is 6.08. The van der Waals surface area contributed by atoms with Crippen LogP contribution >= 0.6 is 0 Å². The summed E-state index contributed by atoms with van der Waals surface area (Å²) in [5, 5.41) is 0. The van der Waals surface area contributed by atoms with Crippen molar-refractivity contribution < 1.29 is 4.39 Å². The molecule has 0 bridgehead atoms. The van der Waals surface area contributed by atoms with Crippen LogP contribution in [0.1, 0.15) is 155 Å². The molecule has 0 amide bonds. The van der Waals surface area contributed by atoms with Gasteiger partial charge in [0, 0.05) is 0 Å². The molecule has 3 fully saturated rings. The first-order chi connectivity index (χ1) is 15.6. The van der Waals surface area contributed by atoms with Gasteiger partial charge in [-0.1, -0.05) is 110 Å². The summed E-state index contributed by atoms with van der Waals surface area (Å²) >= 11 is 0. The van der Waals surface area contributed by atoms with Crippen molar-refractivity contribution in [1.29, 1.82) is 0 Å². The van der Waals surface area contributed by atoms with Crippen LogP contribution in [-0.2, 0) is 0 Å². The smallest absolute Gasteiger partial charge is 0.0973 e. The highest BCUT2D eigenvalue weighted by atomic mass is 19.1. The van der Waals surface area contributed by atoms with Crippen molar-refractivity contribution in [2.75, 3.05) is 0 Å². The fraction of sp³-hybridized carbons (Fsp3) is 1.00. The van der Waals surface area contributed by atoms with Crippen LogP contribution in [0, 0.1) is 35.5 Å². The maximum atomic E-state index is 13.1. The molecule has 3 rings (SSSR count). The molecule has 0 saturated heterocycles. The van der Waals surface area contributed by atoms with Crippen molar-refractivity contribution in [3.8, 4) is 0 Å². The lowest BCUT2D eigenvalue weighted by atomic mass is 9.68. The maximum absolute atomic E-state index is 13.1. The summed E-state index contributed by atoms with van der Waals surface area (Å²) in [5.41, 5.74) is 0. The molecule has 0 heterocycles. The minimum Gasteiger partial charge on any atom is -0.248 e. The lowest BCUT2D eigenvalue weighted by Gasteiger charge is -2.38. The Hall–Kier alpha value is -0.0700. The summed E-state index contributed by atoms with van der Waals surface area (Å²) in [4.78, 5) is 0. The fourth-order valence-electron chi connectivity index (χ4n) is 7.68. The van der Waals surface area contributed by atoms with Crippen molar-refractivity contribution in [1.82, 2.24) is 0 Å². The third kappa shape index (κ3) is 9.66. The third-order valence-electron chi connectivity index (χ3n) is 10.1. The van der Waals surface area contributed by atoms with Gasteiger partial charge in [-0.05, 0) is 81.0 Å². The molecule has 0 N–H and O–H groups in total. The van der Waals surface area contributed by atoms with Crippen LogP contribution in [0.5, 0.6) is 0 Å². The van der Waals surface area contributed by atoms with Gasteiger partial charge in [-0.25, -0.2) is 4.39 Å². The van der Waals surface area contributed by atoms with E-state index in [1.54, 1.807) is 45.4 Å². The molecule has 0 aromatic heterocycles. The Morgan fingerprint density at radius 2 is 0.938 bits per heavy atom. The largest absolute Gasteiger partial charge is 0.248 e. The Bertz CT molecular complexity index is 447. The Kier molecular flexibility index (Phi) is 12.5. The van der Waals surface area contributed by atoms with Gasteiger partial charge < -0.3 is 0 Å². The van der Waals surface area contributed by atoms with Gasteiger partial charge in [0.2, 0.25) is 0 Å². The topological polar surface area (TPSA) is 0 Å². The highest BCUT2D eigenvalue weighted by Crippen LogP contribution is 2.44. The fourth-order valence-corrected chi connectivity index (χ4v) is 7.68. The molecule has 3 aliphatic carbocycles. The van der Waals surface area contributed by atoms with E-state index in [1.807, 2.05) is 0 Å². The molecule has 3 aliphatic rings. The van der Waals surface area contributed by atoms with E-state index in [2.05, 4.69) is 6.92 Å². The summed E-state index contributed by atoms with van der Waals surface area (Å²) in [6.45, 7) is 4.04. The predicted octanol–water partition coefficient (Wildman–Crippen LogP) is 10.7. The molecule has 1 atom stereocenters. The first-order valence-electron chi connectivity index (χ1n) is 15.3. The van der Waals surface area contributed by atoms with Crippen molar-refractivity contribution in [2.24, 2.45) is 35.5 Å². The van der Waals surface area contributed by atoms with E-state index >= 15 is 0 Å². The summed E-state index contributed by atoms with van der Waals surface area (Å²) in [7, 11) is 0. The normalized spacial score (nSPS) is 35.0. The molecule has 188 valence electrons. The first kappa shape index (κ1) is 26.5. The average Bonchev–Trinajstić information content (AvgIpc) is 2.83. The second-order valence-corrected chi connectivity index (χ2v) is 12.6. The molecule has 0 aromatic rings. The number of hydrogen-bond donors (Lipinski definition) is 0. The Morgan fingerprint density at radius 1 is 0.531 bits per heavy atom. The number of hydrogen-bond acceptors (Lipinski definition) is 0. The second-order valence-electron chi connectivity index (χ2n) is 12.6. The van der Waals surface area contributed by atoms with Crippen LogP contribution in [0.2, 0.25) is 0 Å². The van der Waals surface area contributed by atoms with Crippen molar-refractivity contribution in [3.05, 3.63) is 0 Å².